The minimum Gasteiger partial charge on any atom is -0.457 e. The van der Waals surface area contributed by atoms with Gasteiger partial charge in [-0.05, 0) is 30.3 Å². The number of hydrogen-bond donors (Lipinski definition) is 0. The summed E-state index contributed by atoms with van der Waals surface area (Å²) < 4.78 is 7.92. The average molecular weight is 407 g/mol. The van der Waals surface area contributed by atoms with Crippen LogP contribution in [-0.4, -0.2) is 4.98 Å². The third-order valence-corrected chi connectivity index (χ3v) is 5.46. The zero-order valence-electron chi connectivity index (χ0n) is 12.9. The summed E-state index contributed by atoms with van der Waals surface area (Å²) in [7, 11) is 0. The lowest BCUT2D eigenvalue weighted by atomic mass is 10.2. The quantitative estimate of drug-likeness (QED) is 0.370. The van der Waals surface area contributed by atoms with Gasteiger partial charge in [0.1, 0.15) is 22.6 Å². The molecular formula is C20H11BrN2OS. The van der Waals surface area contributed by atoms with Crippen LogP contribution in [0.5, 0.6) is 0 Å². The SMILES string of the molecule is N#C/C(=C\c1ccc(-c2ccccc2Br)o1)c1nc2ccccc2s1. The van der Waals surface area contributed by atoms with Crippen molar-refractivity contribution in [3.8, 4) is 17.4 Å². The first-order chi connectivity index (χ1) is 12.2. The molecule has 4 aromatic rings. The highest BCUT2D eigenvalue weighted by atomic mass is 79.9. The summed E-state index contributed by atoms with van der Waals surface area (Å²) in [6.07, 6.45) is 1.73. The number of rotatable bonds is 3. The summed E-state index contributed by atoms with van der Waals surface area (Å²) in [6.45, 7) is 0. The van der Waals surface area contributed by atoms with Crippen LogP contribution >= 0.6 is 27.3 Å². The van der Waals surface area contributed by atoms with Crippen molar-refractivity contribution < 1.29 is 4.42 Å². The molecule has 0 saturated heterocycles. The van der Waals surface area contributed by atoms with E-state index in [1.165, 1.54) is 11.3 Å². The lowest BCUT2D eigenvalue weighted by Gasteiger charge is -1.99. The lowest BCUT2D eigenvalue weighted by Crippen LogP contribution is -1.79. The molecule has 120 valence electrons. The molecule has 3 nitrogen and oxygen atoms in total. The molecule has 25 heavy (non-hydrogen) atoms. The average Bonchev–Trinajstić information content (AvgIpc) is 3.26. The van der Waals surface area contributed by atoms with Gasteiger partial charge in [0.25, 0.3) is 0 Å². The van der Waals surface area contributed by atoms with E-state index in [4.69, 9.17) is 4.42 Å². The predicted octanol–water partition coefficient (Wildman–Crippen LogP) is 6.38. The number of nitriles is 1. The van der Waals surface area contributed by atoms with Crippen LogP contribution in [0.4, 0.5) is 0 Å². The fourth-order valence-corrected chi connectivity index (χ4v) is 3.92. The number of allylic oxidation sites excluding steroid dienone is 1. The normalized spacial score (nSPS) is 11.6. The van der Waals surface area contributed by atoms with Crippen LogP contribution < -0.4 is 0 Å². The Morgan fingerprint density at radius 2 is 1.88 bits per heavy atom. The van der Waals surface area contributed by atoms with Crippen LogP contribution in [0.2, 0.25) is 0 Å². The second-order valence-corrected chi connectivity index (χ2v) is 7.22. The van der Waals surface area contributed by atoms with E-state index in [2.05, 4.69) is 27.0 Å². The van der Waals surface area contributed by atoms with E-state index < -0.39 is 0 Å². The zero-order valence-corrected chi connectivity index (χ0v) is 15.3. The maximum atomic E-state index is 9.53. The maximum absolute atomic E-state index is 9.53. The Kier molecular flexibility index (Phi) is 4.22. The number of nitrogens with zero attached hydrogens (tertiary/aromatic N) is 2. The monoisotopic (exact) mass is 406 g/mol. The smallest absolute Gasteiger partial charge is 0.135 e. The Morgan fingerprint density at radius 1 is 1.08 bits per heavy atom. The molecule has 0 atom stereocenters. The Morgan fingerprint density at radius 3 is 2.68 bits per heavy atom. The van der Waals surface area contributed by atoms with Gasteiger partial charge >= 0.3 is 0 Å². The second-order valence-electron chi connectivity index (χ2n) is 5.34. The second kappa shape index (κ2) is 6.67. The standard InChI is InChI=1S/C20H11BrN2OS/c21-16-6-2-1-5-15(16)18-10-9-14(24-18)11-13(12-22)20-23-17-7-3-4-8-19(17)25-20/h1-11H/b13-11+. The van der Waals surface area contributed by atoms with Crippen molar-refractivity contribution >= 4 is 49.1 Å². The van der Waals surface area contributed by atoms with Gasteiger partial charge in [0.15, 0.2) is 0 Å². The molecule has 0 fully saturated rings. The van der Waals surface area contributed by atoms with E-state index in [1.54, 1.807) is 6.08 Å². The third-order valence-electron chi connectivity index (χ3n) is 3.70. The molecule has 0 radical (unpaired) electrons. The highest BCUT2D eigenvalue weighted by Gasteiger charge is 2.11. The van der Waals surface area contributed by atoms with E-state index in [0.29, 0.717) is 16.3 Å². The number of furan rings is 1. The summed E-state index contributed by atoms with van der Waals surface area (Å²) in [5.74, 6) is 1.38. The Hall–Kier alpha value is -2.68. The van der Waals surface area contributed by atoms with Gasteiger partial charge in [-0.3, -0.25) is 0 Å². The minimum absolute atomic E-state index is 0.495. The summed E-state index contributed by atoms with van der Waals surface area (Å²) in [4.78, 5) is 4.54. The zero-order chi connectivity index (χ0) is 17.2. The molecular weight excluding hydrogens is 396 g/mol. The van der Waals surface area contributed by atoms with E-state index in [1.807, 2.05) is 60.7 Å². The van der Waals surface area contributed by atoms with Crippen LogP contribution in [-0.2, 0) is 0 Å². The first kappa shape index (κ1) is 15.8. The topological polar surface area (TPSA) is 49.8 Å². The first-order valence-electron chi connectivity index (χ1n) is 7.57. The van der Waals surface area contributed by atoms with Crippen molar-refractivity contribution in [2.24, 2.45) is 0 Å². The van der Waals surface area contributed by atoms with Crippen molar-refractivity contribution in [1.29, 1.82) is 5.26 Å². The predicted molar refractivity (Wildman–Crippen MR) is 105 cm³/mol. The van der Waals surface area contributed by atoms with E-state index in [9.17, 15) is 5.26 Å². The van der Waals surface area contributed by atoms with Crippen LogP contribution in [0.25, 0.3) is 33.2 Å². The Balaban J connectivity index is 1.72. The van der Waals surface area contributed by atoms with Crippen molar-refractivity contribution in [2.45, 2.75) is 0 Å². The van der Waals surface area contributed by atoms with E-state index >= 15 is 0 Å². The molecule has 0 bridgehead atoms. The highest BCUT2D eigenvalue weighted by molar-refractivity contribution is 9.10. The van der Waals surface area contributed by atoms with Crippen LogP contribution in [0.1, 0.15) is 10.8 Å². The van der Waals surface area contributed by atoms with Crippen molar-refractivity contribution in [3.05, 3.63) is 75.9 Å². The number of hydrogen-bond acceptors (Lipinski definition) is 4. The van der Waals surface area contributed by atoms with Gasteiger partial charge in [-0.2, -0.15) is 5.26 Å². The lowest BCUT2D eigenvalue weighted by molar-refractivity contribution is 0.571. The number of aromatic nitrogens is 1. The molecule has 0 amide bonds. The maximum Gasteiger partial charge on any atom is 0.135 e. The number of benzene rings is 2. The molecule has 2 aromatic carbocycles. The van der Waals surface area contributed by atoms with Gasteiger partial charge in [0, 0.05) is 16.1 Å². The van der Waals surface area contributed by atoms with Gasteiger partial charge < -0.3 is 4.42 Å². The first-order valence-corrected chi connectivity index (χ1v) is 9.18. The van der Waals surface area contributed by atoms with Crippen LogP contribution in [0.15, 0.2) is 69.6 Å². The van der Waals surface area contributed by atoms with Gasteiger partial charge in [0.05, 0.1) is 15.8 Å². The number of para-hydroxylation sites is 1. The Bertz CT molecular complexity index is 1100. The molecule has 2 heterocycles. The molecule has 0 aliphatic carbocycles. The molecule has 0 saturated carbocycles. The fraction of sp³-hybridized carbons (Fsp3) is 0. The summed E-state index contributed by atoms with van der Waals surface area (Å²) in [5, 5.41) is 10.2. The molecule has 0 aliphatic heterocycles. The van der Waals surface area contributed by atoms with Crippen LogP contribution in [0, 0.1) is 11.3 Å². The summed E-state index contributed by atoms with van der Waals surface area (Å²) >= 11 is 5.03. The van der Waals surface area contributed by atoms with Crippen LogP contribution in [0.3, 0.4) is 0 Å². The molecule has 4 rings (SSSR count). The Labute approximate surface area is 157 Å². The van der Waals surface area contributed by atoms with Crippen molar-refractivity contribution in [3.63, 3.8) is 0 Å². The van der Waals surface area contributed by atoms with E-state index in [0.717, 1.165) is 26.0 Å². The van der Waals surface area contributed by atoms with E-state index in [-0.39, 0.29) is 0 Å². The largest absolute Gasteiger partial charge is 0.457 e. The number of halogens is 1. The molecule has 0 aliphatic rings. The fourth-order valence-electron chi connectivity index (χ4n) is 2.51. The van der Waals surface area contributed by atoms with Gasteiger partial charge in [-0.15, -0.1) is 11.3 Å². The number of fused-ring (bicyclic) bond motifs is 1. The van der Waals surface area contributed by atoms with Gasteiger partial charge in [0.2, 0.25) is 0 Å². The molecule has 0 unspecified atom stereocenters. The third kappa shape index (κ3) is 3.14. The molecule has 2 aromatic heterocycles. The molecule has 0 spiro atoms. The summed E-state index contributed by atoms with van der Waals surface area (Å²) in [5.41, 5.74) is 2.37. The molecule has 5 heteroatoms. The van der Waals surface area contributed by atoms with Crippen molar-refractivity contribution in [2.75, 3.05) is 0 Å². The summed E-state index contributed by atoms with van der Waals surface area (Å²) in [6, 6.07) is 21.7. The number of thiazole rings is 1. The minimum atomic E-state index is 0.495. The van der Waals surface area contributed by atoms with Gasteiger partial charge in [-0.25, -0.2) is 4.98 Å². The highest BCUT2D eigenvalue weighted by Crippen LogP contribution is 2.32. The molecule has 0 N–H and O–H groups in total. The van der Waals surface area contributed by atoms with Gasteiger partial charge in [-0.1, -0.05) is 46.3 Å². The van der Waals surface area contributed by atoms with Crippen molar-refractivity contribution in [1.82, 2.24) is 4.98 Å².